The highest BCUT2D eigenvalue weighted by Crippen LogP contribution is 2.29. The topological polar surface area (TPSA) is 89.5 Å². The predicted octanol–water partition coefficient (Wildman–Crippen LogP) is 3.21. The first kappa shape index (κ1) is 22.6. The van der Waals surface area contributed by atoms with Gasteiger partial charge in [-0.1, -0.05) is 12.1 Å². The Morgan fingerprint density at radius 1 is 1.13 bits per heavy atom. The van der Waals surface area contributed by atoms with Gasteiger partial charge in [-0.3, -0.25) is 4.79 Å². The maximum absolute atomic E-state index is 14.5. The number of rotatable bonds is 8. The van der Waals surface area contributed by atoms with Crippen LogP contribution in [-0.4, -0.2) is 36.0 Å². The fraction of sp³-hybridized carbons (Fsp3) is 0.286. The Balaban J connectivity index is 1.93. The molecule has 0 aliphatic carbocycles. The average molecular weight is 439 g/mol. The fourth-order valence-corrected chi connectivity index (χ4v) is 3.12. The van der Waals surface area contributed by atoms with E-state index >= 15 is 0 Å². The number of nitrogens with one attached hydrogen (secondary N) is 1. The third-order valence-electron chi connectivity index (χ3n) is 4.63. The summed E-state index contributed by atoms with van der Waals surface area (Å²) < 4.78 is 59.5. The number of nitrogens with two attached hydrogens (primary N) is 1. The zero-order valence-electron chi connectivity index (χ0n) is 16.4. The minimum atomic E-state index is -4.44. The molecule has 0 saturated carbocycles. The molecule has 0 spiro atoms. The van der Waals surface area contributed by atoms with Crippen LogP contribution in [-0.2, 0) is 17.5 Å². The van der Waals surface area contributed by atoms with Gasteiger partial charge in [-0.2, -0.15) is 13.2 Å². The summed E-state index contributed by atoms with van der Waals surface area (Å²) in [5.41, 5.74) is 5.43. The van der Waals surface area contributed by atoms with E-state index < -0.39 is 23.0 Å². The number of aliphatic hydroxyl groups is 1. The number of nitrogens with zero attached hydrogens (tertiary/aromatic N) is 1. The first-order valence-corrected chi connectivity index (χ1v) is 9.41. The lowest BCUT2D eigenvalue weighted by molar-refractivity contribution is -0.137. The Morgan fingerprint density at radius 2 is 1.84 bits per heavy atom. The van der Waals surface area contributed by atoms with Gasteiger partial charge >= 0.3 is 6.18 Å². The van der Waals surface area contributed by atoms with Crippen LogP contribution in [0.4, 0.5) is 28.9 Å². The van der Waals surface area contributed by atoms with Gasteiger partial charge in [0, 0.05) is 19.3 Å². The van der Waals surface area contributed by atoms with Crippen molar-refractivity contribution in [3.8, 4) is 0 Å². The molecule has 4 N–H and O–H groups in total. The standard InChI is InChI=1S/C21H21F4N3O3/c22-16-9-15-19(10-18(16)27-5-7-31-8-6-29)28(12-17(26)20(15)30)11-13-1-3-14(4-2-13)21(23,24)25/h1-4,9-10,12,27,29H,5-8,11,26H2. The summed E-state index contributed by atoms with van der Waals surface area (Å²) in [6.45, 7) is 0.665. The number of hydrogen-bond donors (Lipinski definition) is 3. The predicted molar refractivity (Wildman–Crippen MR) is 110 cm³/mol. The lowest BCUT2D eigenvalue weighted by Gasteiger charge is -2.15. The largest absolute Gasteiger partial charge is 0.416 e. The number of anilines is 2. The molecule has 1 aromatic heterocycles. The zero-order valence-corrected chi connectivity index (χ0v) is 16.4. The first-order valence-electron chi connectivity index (χ1n) is 9.41. The molecule has 3 rings (SSSR count). The van der Waals surface area contributed by atoms with Crippen molar-refractivity contribution in [1.82, 2.24) is 4.57 Å². The molecule has 0 bridgehead atoms. The van der Waals surface area contributed by atoms with E-state index in [0.717, 1.165) is 18.2 Å². The highest BCUT2D eigenvalue weighted by molar-refractivity contribution is 5.85. The average Bonchev–Trinajstić information content (AvgIpc) is 2.72. The second-order valence-electron chi connectivity index (χ2n) is 6.85. The van der Waals surface area contributed by atoms with E-state index in [9.17, 15) is 22.4 Å². The monoisotopic (exact) mass is 439 g/mol. The number of ether oxygens (including phenoxy) is 1. The Morgan fingerprint density at radius 3 is 2.48 bits per heavy atom. The van der Waals surface area contributed by atoms with E-state index in [2.05, 4.69) is 5.32 Å². The van der Waals surface area contributed by atoms with Crippen LogP contribution in [0.25, 0.3) is 10.9 Å². The van der Waals surface area contributed by atoms with Crippen LogP contribution in [0.5, 0.6) is 0 Å². The first-order chi connectivity index (χ1) is 14.7. The van der Waals surface area contributed by atoms with Crippen molar-refractivity contribution in [3.63, 3.8) is 0 Å². The molecule has 166 valence electrons. The highest BCUT2D eigenvalue weighted by atomic mass is 19.4. The van der Waals surface area contributed by atoms with E-state index in [4.69, 9.17) is 15.6 Å². The molecule has 1 heterocycles. The van der Waals surface area contributed by atoms with Gasteiger partial charge in [-0.15, -0.1) is 0 Å². The third-order valence-corrected chi connectivity index (χ3v) is 4.63. The Labute approximate surface area is 174 Å². The van der Waals surface area contributed by atoms with Crippen LogP contribution in [0.15, 0.2) is 47.4 Å². The fourth-order valence-electron chi connectivity index (χ4n) is 3.12. The quantitative estimate of drug-likeness (QED) is 0.371. The number of halogens is 4. The van der Waals surface area contributed by atoms with Crippen molar-refractivity contribution in [3.05, 3.63) is 69.8 Å². The molecule has 31 heavy (non-hydrogen) atoms. The molecule has 0 atom stereocenters. The number of pyridine rings is 1. The van der Waals surface area contributed by atoms with Crippen LogP contribution in [0, 0.1) is 5.82 Å². The summed E-state index contributed by atoms with van der Waals surface area (Å²) in [5, 5.41) is 11.6. The minimum Gasteiger partial charge on any atom is -0.394 e. The molecule has 0 unspecified atom stereocenters. The molecule has 0 aliphatic rings. The second-order valence-corrected chi connectivity index (χ2v) is 6.85. The van der Waals surface area contributed by atoms with E-state index in [0.29, 0.717) is 11.1 Å². The zero-order chi connectivity index (χ0) is 22.6. The van der Waals surface area contributed by atoms with Crippen molar-refractivity contribution in [2.75, 3.05) is 37.4 Å². The Bertz CT molecular complexity index is 1110. The van der Waals surface area contributed by atoms with Gasteiger partial charge in [0.1, 0.15) is 5.82 Å². The maximum atomic E-state index is 14.5. The summed E-state index contributed by atoms with van der Waals surface area (Å²) in [5.74, 6) is -0.654. The lowest BCUT2D eigenvalue weighted by Crippen LogP contribution is -2.16. The van der Waals surface area contributed by atoms with Crippen molar-refractivity contribution < 1.29 is 27.4 Å². The highest BCUT2D eigenvalue weighted by Gasteiger charge is 2.29. The van der Waals surface area contributed by atoms with E-state index in [1.807, 2.05) is 0 Å². The number of alkyl halides is 3. The van der Waals surface area contributed by atoms with Crippen LogP contribution in [0.1, 0.15) is 11.1 Å². The van der Waals surface area contributed by atoms with Gasteiger partial charge in [0.05, 0.1) is 47.7 Å². The Kier molecular flexibility index (Phi) is 6.81. The van der Waals surface area contributed by atoms with Gasteiger partial charge < -0.3 is 25.5 Å². The van der Waals surface area contributed by atoms with Gasteiger partial charge in [0.15, 0.2) is 0 Å². The molecule has 0 fully saturated rings. The number of hydrogen-bond acceptors (Lipinski definition) is 5. The van der Waals surface area contributed by atoms with E-state index in [1.54, 1.807) is 4.57 Å². The number of nitrogen functional groups attached to an aromatic ring is 1. The molecule has 0 saturated heterocycles. The maximum Gasteiger partial charge on any atom is 0.416 e. The van der Waals surface area contributed by atoms with Crippen molar-refractivity contribution in [1.29, 1.82) is 0 Å². The van der Waals surface area contributed by atoms with Gasteiger partial charge in [-0.25, -0.2) is 4.39 Å². The van der Waals surface area contributed by atoms with E-state index in [-0.39, 0.29) is 49.7 Å². The molecule has 0 amide bonds. The lowest BCUT2D eigenvalue weighted by atomic mass is 10.1. The molecular formula is C21H21F4N3O3. The van der Waals surface area contributed by atoms with Crippen LogP contribution in [0.2, 0.25) is 0 Å². The van der Waals surface area contributed by atoms with E-state index in [1.165, 1.54) is 24.4 Å². The molecule has 6 nitrogen and oxygen atoms in total. The summed E-state index contributed by atoms with van der Waals surface area (Å²) >= 11 is 0. The molecule has 2 aromatic carbocycles. The number of benzene rings is 2. The van der Waals surface area contributed by atoms with Crippen LogP contribution < -0.4 is 16.5 Å². The molecule has 10 heteroatoms. The normalized spacial score (nSPS) is 11.8. The number of fused-ring (bicyclic) bond motifs is 1. The molecule has 0 aliphatic heterocycles. The molecular weight excluding hydrogens is 418 g/mol. The number of aliphatic hydroxyl groups excluding tert-OH is 1. The van der Waals surface area contributed by atoms with Crippen LogP contribution >= 0.6 is 0 Å². The summed E-state index contributed by atoms with van der Waals surface area (Å²) in [6.07, 6.45) is -3.06. The molecule has 0 radical (unpaired) electrons. The smallest absolute Gasteiger partial charge is 0.394 e. The third kappa shape index (κ3) is 5.33. The summed E-state index contributed by atoms with van der Waals surface area (Å²) in [4.78, 5) is 12.4. The summed E-state index contributed by atoms with van der Waals surface area (Å²) in [7, 11) is 0. The van der Waals surface area contributed by atoms with Crippen molar-refractivity contribution in [2.45, 2.75) is 12.7 Å². The van der Waals surface area contributed by atoms with Crippen molar-refractivity contribution in [2.24, 2.45) is 0 Å². The van der Waals surface area contributed by atoms with Gasteiger partial charge in [0.2, 0.25) is 5.43 Å². The van der Waals surface area contributed by atoms with Gasteiger partial charge in [0.25, 0.3) is 0 Å². The second kappa shape index (κ2) is 9.36. The van der Waals surface area contributed by atoms with Crippen LogP contribution in [0.3, 0.4) is 0 Å². The molecule has 3 aromatic rings. The number of aromatic nitrogens is 1. The van der Waals surface area contributed by atoms with Gasteiger partial charge in [-0.05, 0) is 29.8 Å². The minimum absolute atomic E-state index is 0.0616. The SMILES string of the molecule is Nc1cn(Cc2ccc(C(F)(F)F)cc2)c2cc(NCCOCCO)c(F)cc2c1=O. The van der Waals surface area contributed by atoms with Crippen molar-refractivity contribution >= 4 is 22.3 Å². The Hall–Kier alpha value is -3.11. The summed E-state index contributed by atoms with van der Waals surface area (Å²) in [6, 6.07) is 7.15.